The van der Waals surface area contributed by atoms with E-state index in [-0.39, 0.29) is 18.6 Å². The maximum atomic E-state index is 11.5. The number of aryl methyl sites for hydroxylation is 2. The Labute approximate surface area is 96.6 Å². The van der Waals surface area contributed by atoms with E-state index in [0.717, 1.165) is 24.2 Å². The molecule has 0 N–H and O–H groups in total. The van der Waals surface area contributed by atoms with Gasteiger partial charge in [-0.15, -0.1) is 0 Å². The largest absolute Gasteiger partial charge is 0.462 e. The monoisotopic (exact) mass is 224 g/mol. The maximum Gasteiger partial charge on any atom is 0.328 e. The lowest BCUT2D eigenvalue weighted by Crippen LogP contribution is -2.19. The van der Waals surface area contributed by atoms with Gasteiger partial charge in [-0.05, 0) is 32.8 Å². The number of hydrogen-bond donors (Lipinski definition) is 0. The van der Waals surface area contributed by atoms with Gasteiger partial charge in [-0.2, -0.15) is 5.10 Å². The number of ether oxygens (including phenoxy) is 1. The average molecular weight is 224 g/mol. The maximum absolute atomic E-state index is 11.5. The summed E-state index contributed by atoms with van der Waals surface area (Å²) >= 11 is 0. The van der Waals surface area contributed by atoms with Crippen LogP contribution < -0.4 is 0 Å². The van der Waals surface area contributed by atoms with Gasteiger partial charge in [-0.25, -0.2) is 0 Å². The zero-order chi connectivity index (χ0) is 12.1. The summed E-state index contributed by atoms with van der Waals surface area (Å²) in [7, 11) is 0. The van der Waals surface area contributed by atoms with E-state index in [1.54, 1.807) is 4.68 Å². The summed E-state index contributed by atoms with van der Waals surface area (Å²) in [4.78, 5) is 11.5. The van der Waals surface area contributed by atoms with Crippen LogP contribution in [0.1, 0.15) is 39.1 Å². The smallest absolute Gasteiger partial charge is 0.328 e. The molecule has 0 aliphatic rings. The van der Waals surface area contributed by atoms with Crippen molar-refractivity contribution in [1.82, 2.24) is 9.78 Å². The molecular weight excluding hydrogens is 204 g/mol. The van der Waals surface area contributed by atoms with Crippen LogP contribution in [0, 0.1) is 0 Å². The van der Waals surface area contributed by atoms with E-state index in [2.05, 4.69) is 18.9 Å². The molecule has 4 nitrogen and oxygen atoms in total. The lowest BCUT2D eigenvalue weighted by molar-refractivity contribution is -0.148. The minimum atomic E-state index is -0.226. The summed E-state index contributed by atoms with van der Waals surface area (Å²) in [5.41, 5.74) is 2.10. The lowest BCUT2D eigenvalue weighted by Gasteiger charge is -2.09. The third-order valence-electron chi connectivity index (χ3n) is 2.28. The van der Waals surface area contributed by atoms with E-state index in [1.165, 1.54) is 0 Å². The lowest BCUT2D eigenvalue weighted by atomic mass is 10.3. The van der Waals surface area contributed by atoms with Gasteiger partial charge in [0.1, 0.15) is 6.54 Å². The van der Waals surface area contributed by atoms with Gasteiger partial charge >= 0.3 is 5.97 Å². The molecule has 0 atom stereocenters. The predicted molar refractivity (Wildman–Crippen MR) is 62.2 cm³/mol. The number of esters is 1. The first kappa shape index (κ1) is 12.7. The molecule has 1 heterocycles. The van der Waals surface area contributed by atoms with Crippen molar-refractivity contribution in [2.24, 2.45) is 0 Å². The summed E-state index contributed by atoms with van der Waals surface area (Å²) in [5, 5.41) is 4.36. The first-order valence-electron chi connectivity index (χ1n) is 5.81. The molecule has 1 aromatic heterocycles. The van der Waals surface area contributed by atoms with Crippen LogP contribution in [0.3, 0.4) is 0 Å². The van der Waals surface area contributed by atoms with Crippen LogP contribution in [-0.4, -0.2) is 21.9 Å². The van der Waals surface area contributed by atoms with Gasteiger partial charge in [0, 0.05) is 5.69 Å². The Morgan fingerprint density at radius 3 is 2.62 bits per heavy atom. The summed E-state index contributed by atoms with van der Waals surface area (Å²) in [6, 6.07) is 2.04. The van der Waals surface area contributed by atoms with Crippen LogP contribution in [0.25, 0.3) is 0 Å². The second kappa shape index (κ2) is 5.68. The molecule has 1 rings (SSSR count). The van der Waals surface area contributed by atoms with Crippen LogP contribution in [0.5, 0.6) is 0 Å². The number of nitrogens with zero attached hydrogens (tertiary/aromatic N) is 2. The van der Waals surface area contributed by atoms with Gasteiger partial charge in [-0.1, -0.05) is 13.8 Å². The topological polar surface area (TPSA) is 44.1 Å². The summed E-state index contributed by atoms with van der Waals surface area (Å²) in [6.07, 6.45) is 1.69. The summed E-state index contributed by atoms with van der Waals surface area (Å²) in [6.45, 7) is 8.01. The Morgan fingerprint density at radius 1 is 1.44 bits per heavy atom. The zero-order valence-corrected chi connectivity index (χ0v) is 10.5. The third kappa shape index (κ3) is 3.36. The Balaban J connectivity index is 2.71. The minimum Gasteiger partial charge on any atom is -0.462 e. The van der Waals surface area contributed by atoms with E-state index in [1.807, 2.05) is 19.9 Å². The molecule has 16 heavy (non-hydrogen) atoms. The Kier molecular flexibility index (Phi) is 4.52. The van der Waals surface area contributed by atoms with Gasteiger partial charge in [0.25, 0.3) is 0 Å². The van der Waals surface area contributed by atoms with Crippen LogP contribution in [0.15, 0.2) is 6.07 Å². The first-order valence-corrected chi connectivity index (χ1v) is 5.81. The fraction of sp³-hybridized carbons (Fsp3) is 0.667. The highest BCUT2D eigenvalue weighted by Gasteiger charge is 2.11. The molecule has 0 radical (unpaired) electrons. The third-order valence-corrected chi connectivity index (χ3v) is 2.28. The number of carbonyl (C=O) groups excluding carboxylic acids is 1. The summed E-state index contributed by atoms with van der Waals surface area (Å²) in [5.74, 6) is -0.226. The van der Waals surface area contributed by atoms with Gasteiger partial charge in [0.05, 0.1) is 11.8 Å². The highest BCUT2D eigenvalue weighted by Crippen LogP contribution is 2.07. The molecule has 0 unspecified atom stereocenters. The van der Waals surface area contributed by atoms with Crippen LogP contribution in [-0.2, 0) is 28.9 Å². The van der Waals surface area contributed by atoms with E-state index in [4.69, 9.17) is 4.74 Å². The standard InChI is InChI=1S/C12H20N2O2/c1-5-10-7-11(6-2)14(13-10)8-12(15)16-9(3)4/h7,9H,5-6,8H2,1-4H3. The first-order chi connectivity index (χ1) is 7.56. The molecule has 0 bridgehead atoms. The normalized spacial score (nSPS) is 10.8. The number of rotatable bonds is 5. The van der Waals surface area contributed by atoms with E-state index < -0.39 is 0 Å². The fourth-order valence-electron chi connectivity index (χ4n) is 1.53. The number of hydrogen-bond acceptors (Lipinski definition) is 3. The molecule has 0 spiro atoms. The molecule has 90 valence electrons. The minimum absolute atomic E-state index is 0.0706. The molecule has 0 saturated heterocycles. The van der Waals surface area contributed by atoms with Crippen molar-refractivity contribution in [3.05, 3.63) is 17.5 Å². The van der Waals surface area contributed by atoms with Gasteiger partial charge in [-0.3, -0.25) is 9.48 Å². The van der Waals surface area contributed by atoms with Crippen molar-refractivity contribution >= 4 is 5.97 Å². The molecule has 1 aromatic rings. The predicted octanol–water partition coefficient (Wildman–Crippen LogP) is 1.96. The van der Waals surface area contributed by atoms with Crippen molar-refractivity contribution in [3.8, 4) is 0 Å². The SMILES string of the molecule is CCc1cc(CC)n(CC(=O)OC(C)C)n1. The van der Waals surface area contributed by atoms with E-state index in [0.29, 0.717) is 0 Å². The van der Waals surface area contributed by atoms with Crippen molar-refractivity contribution in [3.63, 3.8) is 0 Å². The Morgan fingerprint density at radius 2 is 2.12 bits per heavy atom. The van der Waals surface area contributed by atoms with Gasteiger partial charge in [0.2, 0.25) is 0 Å². The van der Waals surface area contributed by atoms with Crippen molar-refractivity contribution in [1.29, 1.82) is 0 Å². The van der Waals surface area contributed by atoms with E-state index in [9.17, 15) is 4.79 Å². The van der Waals surface area contributed by atoms with Crippen molar-refractivity contribution in [2.45, 2.75) is 53.2 Å². The zero-order valence-electron chi connectivity index (χ0n) is 10.5. The number of aromatic nitrogens is 2. The van der Waals surface area contributed by atoms with Gasteiger partial charge < -0.3 is 4.74 Å². The van der Waals surface area contributed by atoms with Crippen molar-refractivity contribution < 1.29 is 9.53 Å². The van der Waals surface area contributed by atoms with Crippen LogP contribution in [0.4, 0.5) is 0 Å². The van der Waals surface area contributed by atoms with Crippen LogP contribution >= 0.6 is 0 Å². The molecule has 0 amide bonds. The van der Waals surface area contributed by atoms with Gasteiger partial charge in [0.15, 0.2) is 0 Å². The molecule has 0 aromatic carbocycles. The Hall–Kier alpha value is -1.32. The molecular formula is C12H20N2O2. The highest BCUT2D eigenvalue weighted by molar-refractivity contribution is 5.69. The quantitative estimate of drug-likeness (QED) is 0.718. The molecule has 4 heteroatoms. The molecule has 0 fully saturated rings. The highest BCUT2D eigenvalue weighted by atomic mass is 16.5. The molecule has 0 aliphatic carbocycles. The second-order valence-electron chi connectivity index (χ2n) is 4.03. The average Bonchev–Trinajstić information content (AvgIpc) is 2.59. The van der Waals surface area contributed by atoms with Crippen LogP contribution in [0.2, 0.25) is 0 Å². The second-order valence-corrected chi connectivity index (χ2v) is 4.03. The summed E-state index contributed by atoms with van der Waals surface area (Å²) < 4.78 is 6.84. The van der Waals surface area contributed by atoms with Crippen molar-refractivity contribution in [2.75, 3.05) is 0 Å². The molecule has 0 saturated carbocycles. The molecule has 0 aliphatic heterocycles. The van der Waals surface area contributed by atoms with E-state index >= 15 is 0 Å². The Bertz CT molecular complexity index is 356. The fourth-order valence-corrected chi connectivity index (χ4v) is 1.53. The number of carbonyl (C=O) groups is 1.